The Morgan fingerprint density at radius 3 is 2.24 bits per heavy atom. The highest BCUT2D eigenvalue weighted by atomic mass is 16.2. The summed E-state index contributed by atoms with van der Waals surface area (Å²) in [6, 6.07) is -0.276. The van der Waals surface area contributed by atoms with E-state index in [-0.39, 0.29) is 11.9 Å². The van der Waals surface area contributed by atoms with Gasteiger partial charge >= 0.3 is 6.03 Å². The summed E-state index contributed by atoms with van der Waals surface area (Å²) in [5, 5.41) is 2.94. The highest BCUT2D eigenvalue weighted by Gasteiger charge is 2.53. The molecule has 0 saturated carbocycles. The van der Waals surface area contributed by atoms with Crippen LogP contribution in [0.4, 0.5) is 4.79 Å². The van der Waals surface area contributed by atoms with Gasteiger partial charge in [-0.1, -0.05) is 20.8 Å². The van der Waals surface area contributed by atoms with Crippen LogP contribution in [0.25, 0.3) is 0 Å². The summed E-state index contributed by atoms with van der Waals surface area (Å²) in [5.41, 5.74) is 5.11. The van der Waals surface area contributed by atoms with Gasteiger partial charge in [0.05, 0.1) is 0 Å². The van der Waals surface area contributed by atoms with Crippen LogP contribution in [0.3, 0.4) is 0 Å². The Morgan fingerprint density at radius 1 is 1.19 bits per heavy atom. The molecule has 0 aromatic carbocycles. The van der Waals surface area contributed by atoms with Gasteiger partial charge in [-0.15, -0.1) is 0 Å². The Hall–Kier alpha value is -1.14. The summed E-state index contributed by atoms with van der Waals surface area (Å²) in [6.07, 6.45) is 2.88. The van der Waals surface area contributed by atoms with E-state index in [9.17, 15) is 9.59 Å². The van der Waals surface area contributed by atoms with Gasteiger partial charge in [0, 0.05) is 25.2 Å². The zero-order chi connectivity index (χ0) is 15.7. The SMILES string of the molecule is CCN1CCC2(CC1)NC(=O)N(CC(N)(CC)CC)C2=O. The second-order valence-corrected chi connectivity index (χ2v) is 6.41. The largest absolute Gasteiger partial charge is 0.325 e. The molecular weight excluding hydrogens is 268 g/mol. The zero-order valence-electron chi connectivity index (χ0n) is 13.4. The van der Waals surface area contributed by atoms with E-state index in [1.165, 1.54) is 4.90 Å². The Labute approximate surface area is 127 Å². The maximum atomic E-state index is 12.8. The molecule has 0 bridgehead atoms. The van der Waals surface area contributed by atoms with Crippen molar-refractivity contribution in [1.82, 2.24) is 15.1 Å². The van der Waals surface area contributed by atoms with Gasteiger partial charge < -0.3 is 16.0 Å². The van der Waals surface area contributed by atoms with E-state index in [4.69, 9.17) is 5.73 Å². The average Bonchev–Trinajstić information content (AvgIpc) is 2.72. The molecule has 2 saturated heterocycles. The predicted octanol–water partition coefficient (Wildman–Crippen LogP) is 0.910. The fourth-order valence-electron chi connectivity index (χ4n) is 3.20. The van der Waals surface area contributed by atoms with Gasteiger partial charge in [0.15, 0.2) is 0 Å². The summed E-state index contributed by atoms with van der Waals surface area (Å²) >= 11 is 0. The van der Waals surface area contributed by atoms with Crippen molar-refractivity contribution in [3.05, 3.63) is 0 Å². The van der Waals surface area contributed by atoms with Crippen LogP contribution in [0.15, 0.2) is 0 Å². The van der Waals surface area contributed by atoms with Crippen molar-refractivity contribution in [2.24, 2.45) is 5.73 Å². The van der Waals surface area contributed by atoms with E-state index < -0.39 is 11.1 Å². The quantitative estimate of drug-likeness (QED) is 0.739. The van der Waals surface area contributed by atoms with Crippen molar-refractivity contribution < 1.29 is 9.59 Å². The fourth-order valence-corrected chi connectivity index (χ4v) is 3.20. The minimum absolute atomic E-state index is 0.0834. The lowest BCUT2D eigenvalue weighted by Gasteiger charge is -2.37. The molecular formula is C15H28N4O2. The minimum Gasteiger partial charge on any atom is -0.324 e. The third kappa shape index (κ3) is 2.92. The molecule has 21 heavy (non-hydrogen) atoms. The highest BCUT2D eigenvalue weighted by molar-refractivity contribution is 6.07. The molecule has 0 aromatic heterocycles. The molecule has 0 atom stereocenters. The summed E-state index contributed by atoms with van der Waals surface area (Å²) in [5.74, 6) is -0.0834. The molecule has 0 unspecified atom stereocenters. The Balaban J connectivity index is 2.10. The minimum atomic E-state index is -0.689. The number of carbonyl (C=O) groups excluding carboxylic acids is 2. The lowest BCUT2D eigenvalue weighted by Crippen LogP contribution is -2.56. The summed E-state index contributed by atoms with van der Waals surface area (Å²) in [6.45, 7) is 9.11. The molecule has 3 N–H and O–H groups in total. The maximum absolute atomic E-state index is 12.8. The third-order valence-electron chi connectivity index (χ3n) is 5.28. The van der Waals surface area contributed by atoms with Gasteiger partial charge in [-0.25, -0.2) is 4.79 Å². The van der Waals surface area contributed by atoms with E-state index in [1.807, 2.05) is 13.8 Å². The van der Waals surface area contributed by atoms with Gasteiger partial charge in [-0.3, -0.25) is 9.69 Å². The summed E-state index contributed by atoms with van der Waals surface area (Å²) in [4.78, 5) is 28.7. The first-order valence-electron chi connectivity index (χ1n) is 8.05. The lowest BCUT2D eigenvalue weighted by atomic mass is 9.87. The fraction of sp³-hybridized carbons (Fsp3) is 0.867. The van der Waals surface area contributed by atoms with E-state index in [0.29, 0.717) is 19.4 Å². The number of nitrogens with zero attached hydrogens (tertiary/aromatic N) is 2. The van der Waals surface area contributed by atoms with Crippen molar-refractivity contribution in [3.8, 4) is 0 Å². The monoisotopic (exact) mass is 296 g/mol. The summed E-state index contributed by atoms with van der Waals surface area (Å²) < 4.78 is 0. The highest BCUT2D eigenvalue weighted by Crippen LogP contribution is 2.30. The normalized spacial score (nSPS) is 23.0. The Kier molecular flexibility index (Phi) is 4.58. The number of likely N-dealkylation sites (tertiary alicyclic amines) is 1. The number of urea groups is 1. The molecule has 120 valence electrons. The molecule has 0 aromatic rings. The number of carbonyl (C=O) groups is 2. The van der Waals surface area contributed by atoms with Crippen molar-refractivity contribution in [1.29, 1.82) is 0 Å². The molecule has 6 nitrogen and oxygen atoms in total. The van der Waals surface area contributed by atoms with Crippen LogP contribution in [0.2, 0.25) is 0 Å². The van der Waals surface area contributed by atoms with Crippen LogP contribution in [0.1, 0.15) is 46.5 Å². The Bertz CT molecular complexity index is 412. The maximum Gasteiger partial charge on any atom is 0.325 e. The number of amides is 3. The van der Waals surface area contributed by atoms with Crippen LogP contribution in [0.5, 0.6) is 0 Å². The van der Waals surface area contributed by atoms with E-state index in [2.05, 4.69) is 17.1 Å². The van der Waals surface area contributed by atoms with E-state index >= 15 is 0 Å². The molecule has 1 spiro atoms. The van der Waals surface area contributed by atoms with Crippen molar-refractivity contribution in [2.75, 3.05) is 26.2 Å². The van der Waals surface area contributed by atoms with Crippen molar-refractivity contribution in [3.63, 3.8) is 0 Å². The number of hydrogen-bond donors (Lipinski definition) is 2. The van der Waals surface area contributed by atoms with Crippen molar-refractivity contribution in [2.45, 2.75) is 57.5 Å². The van der Waals surface area contributed by atoms with Gasteiger partial charge in [0.2, 0.25) is 0 Å². The van der Waals surface area contributed by atoms with Gasteiger partial charge in [-0.2, -0.15) is 0 Å². The smallest absolute Gasteiger partial charge is 0.324 e. The van der Waals surface area contributed by atoms with Crippen LogP contribution in [0, 0.1) is 0 Å². The molecule has 6 heteroatoms. The first-order valence-corrected chi connectivity index (χ1v) is 8.05. The molecule has 2 rings (SSSR count). The second-order valence-electron chi connectivity index (χ2n) is 6.41. The first-order chi connectivity index (χ1) is 9.89. The molecule has 2 aliphatic rings. The third-order valence-corrected chi connectivity index (χ3v) is 5.28. The van der Waals surface area contributed by atoms with Crippen molar-refractivity contribution >= 4 is 11.9 Å². The second kappa shape index (κ2) is 5.93. The number of nitrogens with one attached hydrogen (secondary N) is 1. The number of imide groups is 1. The molecule has 0 radical (unpaired) electrons. The molecule has 2 aliphatic heterocycles. The van der Waals surface area contributed by atoms with Gasteiger partial charge in [-0.05, 0) is 32.2 Å². The number of nitrogens with two attached hydrogens (primary N) is 1. The number of hydrogen-bond acceptors (Lipinski definition) is 4. The van der Waals surface area contributed by atoms with Crippen LogP contribution in [-0.4, -0.2) is 59.0 Å². The number of piperidine rings is 1. The molecule has 2 heterocycles. The van der Waals surface area contributed by atoms with E-state index in [1.54, 1.807) is 0 Å². The van der Waals surface area contributed by atoms with Crippen LogP contribution >= 0.6 is 0 Å². The van der Waals surface area contributed by atoms with Gasteiger partial charge in [0.25, 0.3) is 5.91 Å². The average molecular weight is 296 g/mol. The first kappa shape index (κ1) is 16.2. The molecule has 2 fully saturated rings. The lowest BCUT2D eigenvalue weighted by molar-refractivity contribution is -0.133. The Morgan fingerprint density at radius 2 is 1.76 bits per heavy atom. The van der Waals surface area contributed by atoms with Crippen LogP contribution < -0.4 is 11.1 Å². The standard InChI is InChI=1S/C15H28N4O2/c1-4-14(16,5-2)11-19-12(20)15(17-13(19)21)7-9-18(6-3)10-8-15/h4-11,16H2,1-3H3,(H,17,21). The van der Waals surface area contributed by atoms with Gasteiger partial charge in [0.1, 0.15) is 5.54 Å². The zero-order valence-corrected chi connectivity index (χ0v) is 13.4. The summed E-state index contributed by atoms with van der Waals surface area (Å²) in [7, 11) is 0. The molecule has 3 amide bonds. The van der Waals surface area contributed by atoms with E-state index in [0.717, 1.165) is 32.5 Å². The van der Waals surface area contributed by atoms with Crippen LogP contribution in [-0.2, 0) is 4.79 Å². The number of rotatable bonds is 5. The molecule has 0 aliphatic carbocycles. The topological polar surface area (TPSA) is 78.7 Å². The predicted molar refractivity (Wildman–Crippen MR) is 81.8 cm³/mol.